The minimum Gasteiger partial charge on any atom is -0.507 e. The normalized spacial score (nSPS) is 16.2. The first-order chi connectivity index (χ1) is 37.7. The van der Waals surface area contributed by atoms with E-state index in [4.69, 9.17) is 33.2 Å². The van der Waals surface area contributed by atoms with Crippen LogP contribution in [0.3, 0.4) is 0 Å². The van der Waals surface area contributed by atoms with Crippen molar-refractivity contribution in [3.63, 3.8) is 0 Å². The van der Waals surface area contributed by atoms with E-state index in [9.17, 15) is 41.7 Å². The number of hydrogen-bond donors (Lipinski definition) is 3. The predicted molar refractivity (Wildman–Crippen MR) is 276 cm³/mol. The molecule has 0 aliphatic heterocycles. The van der Waals surface area contributed by atoms with Gasteiger partial charge in [0.15, 0.2) is 23.1 Å². The fourth-order valence-corrected chi connectivity index (χ4v) is 10.7. The molecule has 0 saturated heterocycles. The molecule has 0 aromatic heterocycles. The van der Waals surface area contributed by atoms with E-state index in [1.165, 1.54) is 141 Å². The van der Waals surface area contributed by atoms with Crippen LogP contribution in [0.2, 0.25) is 0 Å². The molecule has 4 atom stereocenters. The van der Waals surface area contributed by atoms with E-state index in [1.54, 1.807) is 12.1 Å². The molecule has 79 heavy (non-hydrogen) atoms. The Labute approximate surface area is 448 Å². The fraction of sp³-hybridized carbons (Fsp3) is 0.213. The summed E-state index contributed by atoms with van der Waals surface area (Å²) in [6.07, 6.45) is -9.51. The van der Waals surface area contributed by atoms with E-state index in [2.05, 4.69) is 0 Å². The number of fused-ring (bicyclic) bond motifs is 8. The van der Waals surface area contributed by atoms with E-state index in [0.29, 0.717) is 0 Å². The van der Waals surface area contributed by atoms with Crippen molar-refractivity contribution in [3.05, 3.63) is 223 Å². The third kappa shape index (κ3) is 10.2. The van der Waals surface area contributed by atoms with Crippen LogP contribution in [-0.4, -0.2) is 65.1 Å². The molecule has 3 N–H and O–H groups in total. The van der Waals surface area contributed by atoms with Crippen LogP contribution in [-0.2, 0) is 12.4 Å². The summed E-state index contributed by atoms with van der Waals surface area (Å²) < 4.78 is 159. The zero-order valence-electron chi connectivity index (χ0n) is 43.2. The molecular weight excluding hydrogens is 1040 g/mol. The lowest BCUT2D eigenvalue weighted by Gasteiger charge is -2.31. The summed E-state index contributed by atoms with van der Waals surface area (Å²) in [6, 6.07) is 28.1. The second-order valence-corrected chi connectivity index (χ2v) is 18.6. The maximum atomic E-state index is 16.3. The first-order valence-corrected chi connectivity index (χ1v) is 24.2. The zero-order valence-corrected chi connectivity index (χ0v) is 43.2. The standard InChI is InChI=1S/C61H50F8O10/c1-73-49-18-12-32(20-44(49)62)58-37-23-39(51(75-3)27-47(37)71)56(30-8-14-34(15-9-30)60(64,65)66)36-22-41(53(77-5)26-46(36)70)59(33-13-19-50(74-2)45(63)21-33)43-25-42(54(78-6)29-55(43)79-7)57(31-10-16-35(17-11-31)61(67,68)69)40-24-38(58)48(72)28-52(40)76-4/h8-29,56-59,70-72H,1-7H3. The van der Waals surface area contributed by atoms with Gasteiger partial charge in [-0.15, -0.1) is 0 Å². The van der Waals surface area contributed by atoms with Gasteiger partial charge in [0, 0.05) is 92.4 Å². The number of phenolic OH excluding ortho intramolecular Hbond substituents is 3. The van der Waals surface area contributed by atoms with Crippen LogP contribution in [0.15, 0.2) is 133 Å². The molecule has 0 heterocycles. The lowest BCUT2D eigenvalue weighted by Crippen LogP contribution is -2.15. The van der Waals surface area contributed by atoms with E-state index in [1.807, 2.05) is 0 Å². The summed E-state index contributed by atoms with van der Waals surface area (Å²) in [6.45, 7) is 0. The minimum absolute atomic E-state index is 0.00646. The van der Waals surface area contributed by atoms with Crippen molar-refractivity contribution in [2.24, 2.45) is 0 Å². The van der Waals surface area contributed by atoms with Crippen LogP contribution < -0.4 is 33.2 Å². The number of phenols is 3. The fourth-order valence-electron chi connectivity index (χ4n) is 10.7. The Balaban J connectivity index is 1.53. The Morgan fingerprint density at radius 3 is 0.810 bits per heavy atom. The third-order valence-corrected chi connectivity index (χ3v) is 14.4. The highest BCUT2D eigenvalue weighted by Gasteiger charge is 2.38. The highest BCUT2D eigenvalue weighted by Crippen LogP contribution is 2.55. The smallest absolute Gasteiger partial charge is 0.416 e. The molecule has 9 rings (SSSR count). The number of rotatable bonds is 11. The molecule has 0 saturated carbocycles. The van der Waals surface area contributed by atoms with Crippen LogP contribution >= 0.6 is 0 Å². The van der Waals surface area contributed by atoms with Gasteiger partial charge in [0.05, 0.1) is 60.9 Å². The van der Waals surface area contributed by atoms with Gasteiger partial charge in [-0.25, -0.2) is 8.78 Å². The van der Waals surface area contributed by atoms with Crippen molar-refractivity contribution in [2.75, 3.05) is 49.8 Å². The first-order valence-electron chi connectivity index (χ1n) is 24.2. The SMILES string of the molecule is COc1ccc(C2c3cc(c(OC)cc3O)C(c3ccc(C(F)(F)F)cc3)c3cc(c(OC)cc3O)C(c3ccc(OC)c(F)c3)c3cc(c(OC)cc3OC)C(c3ccc(C(F)(F)F)cc3)c3cc2c(O)cc3OC)cc1F. The van der Waals surface area contributed by atoms with Gasteiger partial charge in [-0.3, -0.25) is 0 Å². The number of aromatic hydroxyl groups is 3. The van der Waals surface area contributed by atoms with E-state index in [-0.39, 0.29) is 107 Å². The summed E-state index contributed by atoms with van der Waals surface area (Å²) in [7, 11) is 9.19. The topological polar surface area (TPSA) is 125 Å². The molecule has 0 radical (unpaired) electrons. The molecular formula is C61H50F8O10. The molecule has 1 aliphatic rings. The van der Waals surface area contributed by atoms with Gasteiger partial charge in [0.25, 0.3) is 0 Å². The Morgan fingerprint density at radius 1 is 0.291 bits per heavy atom. The third-order valence-electron chi connectivity index (χ3n) is 14.4. The number of hydrogen-bond acceptors (Lipinski definition) is 10. The highest BCUT2D eigenvalue weighted by molar-refractivity contribution is 5.68. The van der Waals surface area contributed by atoms with Gasteiger partial charge >= 0.3 is 12.4 Å². The minimum atomic E-state index is -4.76. The Kier molecular flexibility index (Phi) is 15.0. The summed E-state index contributed by atoms with van der Waals surface area (Å²) in [4.78, 5) is 0. The second kappa shape index (κ2) is 21.6. The quantitative estimate of drug-likeness (QED) is 0.108. The van der Waals surface area contributed by atoms with Crippen LogP contribution in [0.25, 0.3) is 0 Å². The van der Waals surface area contributed by atoms with Crippen molar-refractivity contribution in [3.8, 4) is 57.5 Å². The number of benzene rings is 8. The van der Waals surface area contributed by atoms with E-state index in [0.717, 1.165) is 30.3 Å². The monoisotopic (exact) mass is 1090 g/mol. The average molecular weight is 1100 g/mol. The average Bonchev–Trinajstić information content (AvgIpc) is 3.61. The Hall–Kier alpha value is -8.80. The molecule has 0 amide bonds. The van der Waals surface area contributed by atoms with Gasteiger partial charge in [-0.1, -0.05) is 36.4 Å². The first kappa shape index (κ1) is 55.0. The molecule has 8 aromatic carbocycles. The van der Waals surface area contributed by atoms with Gasteiger partial charge in [-0.2, -0.15) is 26.3 Å². The Bertz CT molecular complexity index is 3580. The lowest BCUT2D eigenvalue weighted by molar-refractivity contribution is -0.138. The van der Waals surface area contributed by atoms with Crippen molar-refractivity contribution >= 4 is 0 Å². The maximum absolute atomic E-state index is 16.3. The van der Waals surface area contributed by atoms with Crippen molar-refractivity contribution in [1.82, 2.24) is 0 Å². The van der Waals surface area contributed by atoms with Crippen molar-refractivity contribution < 1.29 is 83.6 Å². The summed E-state index contributed by atoms with van der Waals surface area (Å²) in [5, 5.41) is 37.1. The molecule has 410 valence electrons. The van der Waals surface area contributed by atoms with Gasteiger partial charge in [0.1, 0.15) is 46.0 Å². The molecule has 18 heteroatoms. The zero-order chi connectivity index (χ0) is 56.8. The van der Waals surface area contributed by atoms with Crippen LogP contribution in [0, 0.1) is 11.6 Å². The molecule has 10 nitrogen and oxygen atoms in total. The molecule has 1 aliphatic carbocycles. The van der Waals surface area contributed by atoms with Crippen LogP contribution in [0.4, 0.5) is 35.1 Å². The molecule has 0 spiro atoms. The predicted octanol–water partition coefficient (Wildman–Crippen LogP) is 14.2. The van der Waals surface area contributed by atoms with Crippen LogP contribution in [0.1, 0.15) is 102 Å². The second-order valence-electron chi connectivity index (χ2n) is 18.6. The largest absolute Gasteiger partial charge is 0.507 e. The van der Waals surface area contributed by atoms with Crippen LogP contribution in [0.5, 0.6) is 57.5 Å². The summed E-state index contributed by atoms with van der Waals surface area (Å²) in [5.41, 5.74) is -0.187. The number of alkyl halides is 6. The summed E-state index contributed by atoms with van der Waals surface area (Å²) >= 11 is 0. The van der Waals surface area contributed by atoms with Gasteiger partial charge in [-0.05, 0) is 95.1 Å². The summed E-state index contributed by atoms with van der Waals surface area (Å²) in [5.74, 6) is -8.16. The number of methoxy groups -OCH3 is 7. The van der Waals surface area contributed by atoms with Gasteiger partial charge < -0.3 is 48.5 Å². The van der Waals surface area contributed by atoms with Crippen molar-refractivity contribution in [1.29, 1.82) is 0 Å². The molecule has 4 unspecified atom stereocenters. The van der Waals surface area contributed by atoms with E-state index < -0.39 is 76.0 Å². The Morgan fingerprint density at radius 2 is 0.532 bits per heavy atom. The highest BCUT2D eigenvalue weighted by atomic mass is 19.4. The van der Waals surface area contributed by atoms with Gasteiger partial charge in [0.2, 0.25) is 0 Å². The molecule has 8 aromatic rings. The number of halogens is 8. The maximum Gasteiger partial charge on any atom is 0.416 e. The number of ether oxygens (including phenoxy) is 7. The molecule has 0 fully saturated rings. The molecule has 8 bridgehead atoms. The van der Waals surface area contributed by atoms with E-state index >= 15 is 8.78 Å². The van der Waals surface area contributed by atoms with Crippen molar-refractivity contribution in [2.45, 2.75) is 36.0 Å². The lowest BCUT2D eigenvalue weighted by atomic mass is 9.75.